The molecule has 0 amide bonds. The van der Waals surface area contributed by atoms with Crippen molar-refractivity contribution in [1.82, 2.24) is 4.98 Å². The maximum Gasteiger partial charge on any atom is 0.123 e. The molecule has 1 nitrogen and oxygen atoms in total. The lowest BCUT2D eigenvalue weighted by molar-refractivity contribution is 0.352. The van der Waals surface area contributed by atoms with E-state index in [9.17, 15) is 4.39 Å². The molecular formula is C28H32FN. The lowest BCUT2D eigenvalue weighted by Crippen LogP contribution is -2.11. The average molecular weight is 402 g/mol. The molecule has 30 heavy (non-hydrogen) atoms. The molecule has 0 saturated heterocycles. The van der Waals surface area contributed by atoms with E-state index < -0.39 is 0 Å². The van der Waals surface area contributed by atoms with Crippen molar-refractivity contribution in [3.63, 3.8) is 0 Å². The molecule has 1 heterocycles. The topological polar surface area (TPSA) is 12.9 Å². The first-order valence-electron chi connectivity index (χ1n) is 11.1. The van der Waals surface area contributed by atoms with E-state index in [1.165, 1.54) is 34.4 Å². The van der Waals surface area contributed by atoms with Gasteiger partial charge in [0.05, 0.1) is 5.69 Å². The Morgan fingerprint density at radius 1 is 0.700 bits per heavy atom. The first-order chi connectivity index (χ1) is 14.3. The largest absolute Gasteiger partial charge is 0.256 e. The van der Waals surface area contributed by atoms with Crippen molar-refractivity contribution in [3.8, 4) is 22.4 Å². The fourth-order valence-corrected chi connectivity index (χ4v) is 5.68. The molecule has 0 N–H and O–H groups in total. The van der Waals surface area contributed by atoms with Crippen molar-refractivity contribution in [2.75, 3.05) is 0 Å². The summed E-state index contributed by atoms with van der Waals surface area (Å²) in [7, 11) is 0. The molecule has 0 spiro atoms. The van der Waals surface area contributed by atoms with E-state index in [0.29, 0.717) is 17.8 Å². The normalized spacial score (nSPS) is 26.2. The van der Waals surface area contributed by atoms with E-state index in [-0.39, 0.29) is 5.82 Å². The van der Waals surface area contributed by atoms with Crippen molar-refractivity contribution in [2.24, 2.45) is 23.7 Å². The van der Waals surface area contributed by atoms with Gasteiger partial charge in [0.1, 0.15) is 5.82 Å². The summed E-state index contributed by atoms with van der Waals surface area (Å²) in [6.45, 7) is 14.1. The summed E-state index contributed by atoms with van der Waals surface area (Å²) >= 11 is 0. The minimum Gasteiger partial charge on any atom is -0.256 e. The molecule has 1 aromatic heterocycles. The van der Waals surface area contributed by atoms with Gasteiger partial charge in [-0.25, -0.2) is 4.39 Å². The molecule has 156 valence electrons. The van der Waals surface area contributed by atoms with Crippen LogP contribution in [0.2, 0.25) is 0 Å². The SMILES string of the molecule is Cc1cc(C2C(C)C(C)C(C)C2C)cc(C)c1-c1ccc(-c2ccc(F)cc2)nc1. The summed E-state index contributed by atoms with van der Waals surface area (Å²) in [6.07, 6.45) is 1.94. The highest BCUT2D eigenvalue weighted by Gasteiger charge is 2.42. The Hall–Kier alpha value is -2.48. The second-order valence-corrected chi connectivity index (χ2v) is 9.43. The lowest BCUT2D eigenvalue weighted by Gasteiger charge is -2.24. The molecule has 2 aromatic carbocycles. The maximum atomic E-state index is 13.2. The fraction of sp³-hybridized carbons (Fsp3) is 0.393. The quantitative estimate of drug-likeness (QED) is 0.436. The van der Waals surface area contributed by atoms with Crippen LogP contribution in [-0.2, 0) is 0 Å². The number of hydrogen-bond donors (Lipinski definition) is 0. The summed E-state index contributed by atoms with van der Waals surface area (Å²) in [5, 5.41) is 0. The first kappa shape index (κ1) is 20.8. The van der Waals surface area contributed by atoms with Gasteiger partial charge >= 0.3 is 0 Å². The van der Waals surface area contributed by atoms with Crippen LogP contribution in [0, 0.1) is 43.3 Å². The van der Waals surface area contributed by atoms with Gasteiger partial charge in [-0.2, -0.15) is 0 Å². The summed E-state index contributed by atoms with van der Waals surface area (Å²) in [6, 6.07) is 15.5. The summed E-state index contributed by atoms with van der Waals surface area (Å²) < 4.78 is 13.2. The van der Waals surface area contributed by atoms with E-state index in [0.717, 1.165) is 28.7 Å². The Labute approximate surface area is 180 Å². The Morgan fingerprint density at radius 2 is 1.23 bits per heavy atom. The molecule has 1 fully saturated rings. The summed E-state index contributed by atoms with van der Waals surface area (Å²) in [5.74, 6) is 3.33. The van der Waals surface area contributed by atoms with Crippen molar-refractivity contribution in [1.29, 1.82) is 0 Å². The van der Waals surface area contributed by atoms with E-state index in [1.54, 1.807) is 12.1 Å². The number of aryl methyl sites for hydroxylation is 2. The molecule has 3 aromatic rings. The Kier molecular flexibility index (Phi) is 5.53. The highest BCUT2D eigenvalue weighted by atomic mass is 19.1. The third kappa shape index (κ3) is 3.57. The lowest BCUT2D eigenvalue weighted by atomic mass is 9.80. The Morgan fingerprint density at radius 3 is 1.73 bits per heavy atom. The molecule has 2 heteroatoms. The van der Waals surface area contributed by atoms with Gasteiger partial charge in [-0.15, -0.1) is 0 Å². The number of halogens is 1. The minimum absolute atomic E-state index is 0.226. The van der Waals surface area contributed by atoms with E-state index in [2.05, 4.69) is 64.7 Å². The van der Waals surface area contributed by atoms with Gasteiger partial charge in [-0.3, -0.25) is 4.98 Å². The third-order valence-corrected chi connectivity index (χ3v) is 7.75. The molecule has 0 aliphatic heterocycles. The van der Waals surface area contributed by atoms with Crippen LogP contribution in [0.5, 0.6) is 0 Å². The molecular weight excluding hydrogens is 369 g/mol. The van der Waals surface area contributed by atoms with Crippen LogP contribution >= 0.6 is 0 Å². The van der Waals surface area contributed by atoms with Crippen molar-refractivity contribution in [3.05, 3.63) is 77.2 Å². The second-order valence-electron chi connectivity index (χ2n) is 9.43. The van der Waals surface area contributed by atoms with Gasteiger partial charge in [-0.05, 0) is 96.0 Å². The van der Waals surface area contributed by atoms with Crippen LogP contribution in [0.3, 0.4) is 0 Å². The maximum absolute atomic E-state index is 13.2. The molecule has 1 saturated carbocycles. The van der Waals surface area contributed by atoms with Crippen LogP contribution in [-0.4, -0.2) is 4.98 Å². The standard InChI is InChI=1S/C28H32FN/c1-16-13-24(28-20(5)18(3)19(4)21(28)6)14-17(2)27(16)23-9-12-26(30-15-23)22-7-10-25(29)11-8-22/h7-15,18-21,28H,1-6H3. The van der Waals surface area contributed by atoms with Gasteiger partial charge in [0.25, 0.3) is 0 Å². The number of aromatic nitrogens is 1. The summed E-state index contributed by atoms with van der Waals surface area (Å²) in [4.78, 5) is 4.66. The predicted molar refractivity (Wildman–Crippen MR) is 124 cm³/mol. The van der Waals surface area contributed by atoms with Crippen LogP contribution in [0.1, 0.15) is 50.3 Å². The van der Waals surface area contributed by atoms with Crippen LogP contribution in [0.4, 0.5) is 4.39 Å². The Bertz CT molecular complexity index is 998. The van der Waals surface area contributed by atoms with Crippen molar-refractivity contribution >= 4 is 0 Å². The number of pyridine rings is 1. The minimum atomic E-state index is -0.226. The fourth-order valence-electron chi connectivity index (χ4n) is 5.68. The number of hydrogen-bond acceptors (Lipinski definition) is 1. The molecule has 1 aliphatic rings. The molecule has 4 rings (SSSR count). The van der Waals surface area contributed by atoms with Crippen molar-refractivity contribution < 1.29 is 4.39 Å². The zero-order chi connectivity index (χ0) is 21.6. The second kappa shape index (κ2) is 7.98. The van der Waals surface area contributed by atoms with Crippen LogP contribution in [0.25, 0.3) is 22.4 Å². The smallest absolute Gasteiger partial charge is 0.123 e. The van der Waals surface area contributed by atoms with Gasteiger partial charge in [0.15, 0.2) is 0 Å². The summed E-state index contributed by atoms with van der Waals surface area (Å²) in [5.41, 5.74) is 8.32. The molecule has 1 aliphatic carbocycles. The zero-order valence-electron chi connectivity index (χ0n) is 18.9. The zero-order valence-corrected chi connectivity index (χ0v) is 18.9. The number of rotatable bonds is 3. The monoisotopic (exact) mass is 401 g/mol. The van der Waals surface area contributed by atoms with Gasteiger partial charge in [-0.1, -0.05) is 45.9 Å². The Balaban J connectivity index is 1.66. The van der Waals surface area contributed by atoms with Gasteiger partial charge in [0, 0.05) is 17.3 Å². The van der Waals surface area contributed by atoms with Gasteiger partial charge < -0.3 is 0 Å². The van der Waals surface area contributed by atoms with E-state index >= 15 is 0 Å². The average Bonchev–Trinajstić information content (AvgIpc) is 2.91. The molecule has 4 atom stereocenters. The molecule has 0 bridgehead atoms. The third-order valence-electron chi connectivity index (χ3n) is 7.75. The van der Waals surface area contributed by atoms with E-state index in [4.69, 9.17) is 0 Å². The van der Waals surface area contributed by atoms with E-state index in [1.807, 2.05) is 12.3 Å². The highest BCUT2D eigenvalue weighted by Crippen LogP contribution is 2.51. The van der Waals surface area contributed by atoms with Crippen molar-refractivity contribution in [2.45, 2.75) is 47.5 Å². The van der Waals surface area contributed by atoms with Crippen LogP contribution < -0.4 is 0 Å². The first-order valence-corrected chi connectivity index (χ1v) is 11.1. The number of nitrogens with zero attached hydrogens (tertiary/aromatic N) is 1. The van der Waals surface area contributed by atoms with Gasteiger partial charge in [0.2, 0.25) is 0 Å². The highest BCUT2D eigenvalue weighted by molar-refractivity contribution is 5.72. The van der Waals surface area contributed by atoms with Crippen LogP contribution in [0.15, 0.2) is 54.7 Å². The molecule has 0 radical (unpaired) electrons. The number of benzene rings is 2. The predicted octanol–water partition coefficient (Wildman–Crippen LogP) is 7.81. The molecule has 4 unspecified atom stereocenters.